The van der Waals surface area contributed by atoms with Crippen LogP contribution in [0.3, 0.4) is 0 Å². The van der Waals surface area contributed by atoms with Crippen molar-refractivity contribution in [1.82, 2.24) is 10.6 Å². The summed E-state index contributed by atoms with van der Waals surface area (Å²) in [6.45, 7) is 1.85. The molecule has 0 aliphatic rings. The first-order valence-corrected chi connectivity index (χ1v) is 9.86. The van der Waals surface area contributed by atoms with Gasteiger partial charge in [-0.2, -0.15) is 0 Å². The lowest BCUT2D eigenvalue weighted by Gasteiger charge is -2.26. The summed E-state index contributed by atoms with van der Waals surface area (Å²) < 4.78 is 0. The average molecular weight is 407 g/mol. The minimum Gasteiger partial charge on any atom is -0.351 e. The molecule has 3 rings (SSSR count). The molecule has 1 unspecified atom stereocenters. The molecule has 0 aliphatic carbocycles. The summed E-state index contributed by atoms with van der Waals surface area (Å²) in [6.07, 6.45) is 0. The normalized spacial score (nSPS) is 11.7. The van der Waals surface area contributed by atoms with E-state index in [9.17, 15) is 9.59 Å². The first-order valence-electron chi connectivity index (χ1n) is 9.48. The number of nitrogens with one attached hydrogen (secondary N) is 2. The van der Waals surface area contributed by atoms with Crippen molar-refractivity contribution >= 4 is 23.4 Å². The van der Waals surface area contributed by atoms with Gasteiger partial charge < -0.3 is 10.6 Å². The van der Waals surface area contributed by atoms with E-state index in [1.807, 2.05) is 43.3 Å². The zero-order valence-corrected chi connectivity index (χ0v) is 16.9. The van der Waals surface area contributed by atoms with Crippen LogP contribution in [0.2, 0.25) is 5.02 Å². The zero-order valence-electron chi connectivity index (χ0n) is 16.1. The first kappa shape index (κ1) is 20.6. The number of rotatable bonds is 7. The van der Waals surface area contributed by atoms with E-state index in [0.29, 0.717) is 10.6 Å². The van der Waals surface area contributed by atoms with Crippen LogP contribution in [0.4, 0.5) is 0 Å². The van der Waals surface area contributed by atoms with Gasteiger partial charge in [-0.3, -0.25) is 9.59 Å². The molecule has 5 heteroatoms. The molecule has 0 saturated heterocycles. The highest BCUT2D eigenvalue weighted by Gasteiger charge is 2.23. The fourth-order valence-corrected chi connectivity index (χ4v) is 3.60. The lowest BCUT2D eigenvalue weighted by atomic mass is 9.86. The fourth-order valence-electron chi connectivity index (χ4n) is 3.38. The van der Waals surface area contributed by atoms with E-state index in [-0.39, 0.29) is 30.3 Å². The van der Waals surface area contributed by atoms with Gasteiger partial charge in [-0.25, -0.2) is 0 Å². The number of hydrogen-bond donors (Lipinski definition) is 2. The SMILES string of the molecule is CC(NC(=O)CNC(=O)c1ccccc1Cl)C(c1ccccc1)c1ccccc1. The summed E-state index contributed by atoms with van der Waals surface area (Å²) in [7, 11) is 0. The van der Waals surface area contributed by atoms with Crippen molar-refractivity contribution in [2.45, 2.75) is 18.9 Å². The molecule has 3 aromatic rings. The van der Waals surface area contributed by atoms with Crippen molar-refractivity contribution < 1.29 is 9.59 Å². The molecule has 3 aromatic carbocycles. The van der Waals surface area contributed by atoms with Crippen LogP contribution >= 0.6 is 11.6 Å². The molecule has 0 spiro atoms. The van der Waals surface area contributed by atoms with Gasteiger partial charge in [0, 0.05) is 12.0 Å². The summed E-state index contributed by atoms with van der Waals surface area (Å²) in [6, 6.07) is 26.7. The monoisotopic (exact) mass is 406 g/mol. The molecule has 2 amide bonds. The second-order valence-corrected chi connectivity index (χ2v) is 7.22. The van der Waals surface area contributed by atoms with Crippen molar-refractivity contribution in [2.75, 3.05) is 6.54 Å². The van der Waals surface area contributed by atoms with Crippen LogP contribution in [0, 0.1) is 0 Å². The Bertz CT molecular complexity index is 921. The van der Waals surface area contributed by atoms with Crippen LogP contribution in [0.15, 0.2) is 84.9 Å². The molecule has 0 aromatic heterocycles. The molecule has 0 aliphatic heterocycles. The number of carbonyl (C=O) groups is 2. The summed E-state index contributed by atoms with van der Waals surface area (Å²) >= 11 is 6.03. The van der Waals surface area contributed by atoms with Crippen LogP contribution < -0.4 is 10.6 Å². The minimum absolute atomic E-state index is 0.000573. The topological polar surface area (TPSA) is 58.2 Å². The van der Waals surface area contributed by atoms with Crippen molar-refractivity contribution in [1.29, 1.82) is 0 Å². The summed E-state index contributed by atoms with van der Waals surface area (Å²) in [4.78, 5) is 24.7. The quantitative estimate of drug-likeness (QED) is 0.610. The van der Waals surface area contributed by atoms with Gasteiger partial charge in [0.15, 0.2) is 0 Å². The molecule has 0 bridgehead atoms. The third-order valence-corrected chi connectivity index (χ3v) is 5.06. The van der Waals surface area contributed by atoms with Crippen molar-refractivity contribution in [2.24, 2.45) is 0 Å². The van der Waals surface area contributed by atoms with Gasteiger partial charge in [0.25, 0.3) is 5.91 Å². The maximum atomic E-state index is 12.5. The Morgan fingerprint density at radius 2 is 1.34 bits per heavy atom. The molecule has 4 nitrogen and oxygen atoms in total. The van der Waals surface area contributed by atoms with Crippen molar-refractivity contribution in [3.63, 3.8) is 0 Å². The molecule has 0 radical (unpaired) electrons. The Labute approximate surface area is 175 Å². The van der Waals surface area contributed by atoms with Crippen LogP contribution in [-0.2, 0) is 4.79 Å². The van der Waals surface area contributed by atoms with E-state index >= 15 is 0 Å². The number of benzene rings is 3. The second kappa shape index (κ2) is 9.89. The maximum absolute atomic E-state index is 12.5. The third-order valence-electron chi connectivity index (χ3n) is 4.73. The molecule has 148 valence electrons. The molecule has 2 N–H and O–H groups in total. The predicted molar refractivity (Wildman–Crippen MR) is 116 cm³/mol. The maximum Gasteiger partial charge on any atom is 0.253 e. The van der Waals surface area contributed by atoms with E-state index in [1.54, 1.807) is 24.3 Å². The number of amides is 2. The van der Waals surface area contributed by atoms with Gasteiger partial charge in [-0.05, 0) is 30.2 Å². The lowest BCUT2D eigenvalue weighted by Crippen LogP contribution is -2.43. The highest BCUT2D eigenvalue weighted by Crippen LogP contribution is 2.27. The fraction of sp³-hybridized carbons (Fsp3) is 0.167. The van der Waals surface area contributed by atoms with E-state index in [0.717, 1.165) is 11.1 Å². The summed E-state index contributed by atoms with van der Waals surface area (Å²) in [5.74, 6) is -0.628. The summed E-state index contributed by atoms with van der Waals surface area (Å²) in [5.41, 5.74) is 2.58. The summed E-state index contributed by atoms with van der Waals surface area (Å²) in [5, 5.41) is 5.99. The first-order chi connectivity index (χ1) is 14.1. The number of halogens is 1. The minimum atomic E-state index is -0.374. The van der Waals surface area contributed by atoms with Crippen LogP contribution in [0.5, 0.6) is 0 Å². The molecular weight excluding hydrogens is 384 g/mol. The number of carbonyl (C=O) groups excluding carboxylic acids is 2. The Kier molecular flexibility index (Phi) is 7.04. The lowest BCUT2D eigenvalue weighted by molar-refractivity contribution is -0.120. The molecule has 0 fully saturated rings. The van der Waals surface area contributed by atoms with Gasteiger partial charge in [-0.1, -0.05) is 84.4 Å². The third kappa shape index (κ3) is 5.46. The van der Waals surface area contributed by atoms with Crippen LogP contribution in [0.1, 0.15) is 34.3 Å². The number of hydrogen-bond acceptors (Lipinski definition) is 2. The van der Waals surface area contributed by atoms with E-state index < -0.39 is 0 Å². The Balaban J connectivity index is 1.66. The van der Waals surface area contributed by atoms with Gasteiger partial charge in [0.1, 0.15) is 0 Å². The van der Waals surface area contributed by atoms with Crippen LogP contribution in [0.25, 0.3) is 0 Å². The smallest absolute Gasteiger partial charge is 0.253 e. The highest BCUT2D eigenvalue weighted by atomic mass is 35.5. The Hall–Kier alpha value is -3.11. The standard InChI is InChI=1S/C24H23ClN2O2/c1-17(23(18-10-4-2-5-11-18)19-12-6-3-7-13-19)27-22(28)16-26-24(29)20-14-8-9-15-21(20)25/h2-15,17,23H,16H2,1H3,(H,26,29)(H,27,28). The van der Waals surface area contributed by atoms with Gasteiger partial charge in [0.2, 0.25) is 5.91 Å². The molecular formula is C24H23ClN2O2. The molecule has 29 heavy (non-hydrogen) atoms. The van der Waals surface area contributed by atoms with Gasteiger partial charge >= 0.3 is 0 Å². The van der Waals surface area contributed by atoms with Gasteiger partial charge in [-0.15, -0.1) is 0 Å². The van der Waals surface area contributed by atoms with E-state index in [4.69, 9.17) is 11.6 Å². The Morgan fingerprint density at radius 3 is 1.90 bits per heavy atom. The van der Waals surface area contributed by atoms with Crippen molar-refractivity contribution in [3.8, 4) is 0 Å². The largest absolute Gasteiger partial charge is 0.351 e. The van der Waals surface area contributed by atoms with Crippen LogP contribution in [-0.4, -0.2) is 24.4 Å². The predicted octanol–water partition coefficient (Wildman–Crippen LogP) is 4.41. The van der Waals surface area contributed by atoms with E-state index in [2.05, 4.69) is 34.9 Å². The average Bonchev–Trinajstić information content (AvgIpc) is 2.74. The molecule has 1 atom stereocenters. The highest BCUT2D eigenvalue weighted by molar-refractivity contribution is 6.33. The van der Waals surface area contributed by atoms with Crippen molar-refractivity contribution in [3.05, 3.63) is 107 Å². The molecule has 0 saturated carbocycles. The second-order valence-electron chi connectivity index (χ2n) is 6.82. The zero-order chi connectivity index (χ0) is 20.6. The Morgan fingerprint density at radius 1 is 0.828 bits per heavy atom. The van der Waals surface area contributed by atoms with Gasteiger partial charge in [0.05, 0.1) is 17.1 Å². The van der Waals surface area contributed by atoms with E-state index in [1.165, 1.54) is 0 Å². The molecule has 0 heterocycles.